The van der Waals surface area contributed by atoms with E-state index in [0.717, 1.165) is 25.9 Å². The highest BCUT2D eigenvalue weighted by molar-refractivity contribution is 4.90. The van der Waals surface area contributed by atoms with Crippen LogP contribution in [0.2, 0.25) is 0 Å². The van der Waals surface area contributed by atoms with Crippen LogP contribution in [0.3, 0.4) is 0 Å². The smallest absolute Gasteiger partial charge is 0.0949 e. The number of aliphatic hydroxyl groups excluding tert-OH is 1. The standard InChI is InChI=1S/C10H18N2O/c1-9(7-11)12-5-2-3-10(8-12)4-6-13/h9-10,13H,2-6,8H2,1H3. The van der Waals surface area contributed by atoms with E-state index < -0.39 is 0 Å². The molecule has 1 rings (SSSR count). The third-order valence-electron chi connectivity index (χ3n) is 2.82. The van der Waals surface area contributed by atoms with Crippen molar-refractivity contribution < 1.29 is 5.11 Å². The van der Waals surface area contributed by atoms with Gasteiger partial charge in [0.05, 0.1) is 12.1 Å². The van der Waals surface area contributed by atoms with Gasteiger partial charge in [0.15, 0.2) is 0 Å². The maximum Gasteiger partial charge on any atom is 0.0949 e. The topological polar surface area (TPSA) is 47.3 Å². The van der Waals surface area contributed by atoms with Gasteiger partial charge in [-0.15, -0.1) is 0 Å². The van der Waals surface area contributed by atoms with E-state index in [4.69, 9.17) is 10.4 Å². The van der Waals surface area contributed by atoms with Crippen molar-refractivity contribution in [3.63, 3.8) is 0 Å². The Morgan fingerprint density at radius 3 is 3.08 bits per heavy atom. The van der Waals surface area contributed by atoms with Crippen molar-refractivity contribution in [2.45, 2.75) is 32.2 Å². The number of likely N-dealkylation sites (tertiary alicyclic amines) is 1. The van der Waals surface area contributed by atoms with Gasteiger partial charge in [0.1, 0.15) is 0 Å². The maximum absolute atomic E-state index is 8.82. The molecule has 1 aliphatic rings. The predicted molar refractivity (Wildman–Crippen MR) is 51.1 cm³/mol. The summed E-state index contributed by atoms with van der Waals surface area (Å²) in [5, 5.41) is 17.6. The molecule has 2 atom stereocenters. The minimum atomic E-state index is 0.0292. The molecule has 1 heterocycles. The minimum absolute atomic E-state index is 0.0292. The Morgan fingerprint density at radius 1 is 1.69 bits per heavy atom. The van der Waals surface area contributed by atoms with Crippen LogP contribution in [0.15, 0.2) is 0 Å². The zero-order chi connectivity index (χ0) is 9.68. The van der Waals surface area contributed by atoms with Gasteiger partial charge in [0.2, 0.25) is 0 Å². The van der Waals surface area contributed by atoms with E-state index in [2.05, 4.69) is 11.0 Å². The van der Waals surface area contributed by atoms with E-state index in [9.17, 15) is 0 Å². The summed E-state index contributed by atoms with van der Waals surface area (Å²) < 4.78 is 0. The van der Waals surface area contributed by atoms with Crippen molar-refractivity contribution in [3.05, 3.63) is 0 Å². The van der Waals surface area contributed by atoms with Crippen molar-refractivity contribution in [3.8, 4) is 6.07 Å². The Bertz CT molecular complexity index is 186. The molecule has 1 saturated heterocycles. The van der Waals surface area contributed by atoms with E-state index >= 15 is 0 Å². The van der Waals surface area contributed by atoms with E-state index in [1.807, 2.05) is 6.92 Å². The lowest BCUT2D eigenvalue weighted by Gasteiger charge is -2.33. The summed E-state index contributed by atoms with van der Waals surface area (Å²) in [5.74, 6) is 0.592. The zero-order valence-corrected chi connectivity index (χ0v) is 8.24. The van der Waals surface area contributed by atoms with Gasteiger partial charge in [0.25, 0.3) is 0 Å². The number of hydrogen-bond acceptors (Lipinski definition) is 3. The minimum Gasteiger partial charge on any atom is -0.396 e. The van der Waals surface area contributed by atoms with Gasteiger partial charge < -0.3 is 5.11 Å². The molecule has 2 unspecified atom stereocenters. The molecule has 3 heteroatoms. The average molecular weight is 182 g/mol. The Hall–Kier alpha value is -0.590. The third kappa shape index (κ3) is 2.98. The number of nitriles is 1. The lowest BCUT2D eigenvalue weighted by atomic mass is 9.94. The molecule has 1 aliphatic heterocycles. The first-order valence-electron chi connectivity index (χ1n) is 5.02. The highest BCUT2D eigenvalue weighted by atomic mass is 16.3. The maximum atomic E-state index is 8.82. The number of rotatable bonds is 3. The molecule has 3 nitrogen and oxygen atoms in total. The molecule has 13 heavy (non-hydrogen) atoms. The number of hydrogen-bond donors (Lipinski definition) is 1. The lowest BCUT2D eigenvalue weighted by Crippen LogP contribution is -2.40. The summed E-state index contributed by atoms with van der Waals surface area (Å²) in [5.41, 5.74) is 0. The molecule has 0 aliphatic carbocycles. The quantitative estimate of drug-likeness (QED) is 0.708. The third-order valence-corrected chi connectivity index (χ3v) is 2.82. The van der Waals surface area contributed by atoms with Gasteiger partial charge in [0, 0.05) is 13.2 Å². The number of nitrogens with zero attached hydrogens (tertiary/aromatic N) is 2. The molecule has 0 aromatic carbocycles. The highest BCUT2D eigenvalue weighted by Gasteiger charge is 2.22. The summed E-state index contributed by atoms with van der Waals surface area (Å²) in [4.78, 5) is 2.21. The molecule has 1 N–H and O–H groups in total. The van der Waals surface area contributed by atoms with Crippen molar-refractivity contribution in [1.29, 1.82) is 5.26 Å². The normalized spacial score (nSPS) is 26.7. The SMILES string of the molecule is CC(C#N)N1CCCC(CCO)C1. The molecule has 0 radical (unpaired) electrons. The van der Waals surface area contributed by atoms with Crippen LogP contribution in [-0.4, -0.2) is 35.7 Å². The van der Waals surface area contributed by atoms with Gasteiger partial charge >= 0.3 is 0 Å². The molecular weight excluding hydrogens is 164 g/mol. The van der Waals surface area contributed by atoms with Crippen LogP contribution < -0.4 is 0 Å². The van der Waals surface area contributed by atoms with Gasteiger partial charge in [-0.1, -0.05) is 0 Å². The molecule has 0 amide bonds. The predicted octanol–water partition coefficient (Wildman–Crippen LogP) is 0.993. The first kappa shape index (κ1) is 10.5. The van der Waals surface area contributed by atoms with Crippen LogP contribution in [0, 0.1) is 17.2 Å². The van der Waals surface area contributed by atoms with Gasteiger partial charge in [-0.25, -0.2) is 0 Å². The van der Waals surface area contributed by atoms with E-state index in [0.29, 0.717) is 5.92 Å². The monoisotopic (exact) mass is 182 g/mol. The van der Waals surface area contributed by atoms with Crippen molar-refractivity contribution in [2.24, 2.45) is 5.92 Å². The number of aliphatic hydroxyl groups is 1. The Morgan fingerprint density at radius 2 is 2.46 bits per heavy atom. The molecule has 0 aromatic rings. The van der Waals surface area contributed by atoms with E-state index in [-0.39, 0.29) is 12.6 Å². The first-order valence-corrected chi connectivity index (χ1v) is 5.02. The van der Waals surface area contributed by atoms with Crippen molar-refractivity contribution >= 4 is 0 Å². The summed E-state index contributed by atoms with van der Waals surface area (Å²) in [6, 6.07) is 2.29. The first-order chi connectivity index (χ1) is 6.27. The summed E-state index contributed by atoms with van der Waals surface area (Å²) in [6.45, 7) is 4.24. The summed E-state index contributed by atoms with van der Waals surface area (Å²) in [6.07, 6.45) is 3.25. The fraction of sp³-hybridized carbons (Fsp3) is 0.900. The molecule has 1 fully saturated rings. The van der Waals surface area contributed by atoms with E-state index in [1.165, 1.54) is 6.42 Å². The average Bonchev–Trinajstić information content (AvgIpc) is 2.18. The van der Waals surface area contributed by atoms with Crippen LogP contribution in [0.5, 0.6) is 0 Å². The fourth-order valence-corrected chi connectivity index (χ4v) is 1.95. The Kier molecular flexibility index (Phi) is 4.20. The second-order valence-electron chi connectivity index (χ2n) is 3.82. The molecule has 74 valence electrons. The van der Waals surface area contributed by atoms with Crippen molar-refractivity contribution in [1.82, 2.24) is 4.90 Å². The van der Waals surface area contributed by atoms with Gasteiger partial charge in [-0.05, 0) is 38.6 Å². The highest BCUT2D eigenvalue weighted by Crippen LogP contribution is 2.20. The molecule has 0 saturated carbocycles. The fourth-order valence-electron chi connectivity index (χ4n) is 1.95. The van der Waals surface area contributed by atoms with Gasteiger partial charge in [-0.3, -0.25) is 4.90 Å². The Labute approximate surface area is 80.0 Å². The number of piperidine rings is 1. The lowest BCUT2D eigenvalue weighted by molar-refractivity contribution is 0.133. The van der Waals surface area contributed by atoms with Crippen LogP contribution >= 0.6 is 0 Å². The Balaban J connectivity index is 2.38. The second-order valence-corrected chi connectivity index (χ2v) is 3.82. The zero-order valence-electron chi connectivity index (χ0n) is 8.24. The second kappa shape index (κ2) is 5.21. The van der Waals surface area contributed by atoms with Gasteiger partial charge in [-0.2, -0.15) is 5.26 Å². The molecular formula is C10H18N2O. The molecule has 0 spiro atoms. The molecule has 0 bridgehead atoms. The largest absolute Gasteiger partial charge is 0.396 e. The van der Waals surface area contributed by atoms with Crippen LogP contribution in [0.1, 0.15) is 26.2 Å². The van der Waals surface area contributed by atoms with Crippen molar-refractivity contribution in [2.75, 3.05) is 19.7 Å². The van der Waals surface area contributed by atoms with E-state index in [1.54, 1.807) is 0 Å². The van der Waals surface area contributed by atoms with Crippen LogP contribution in [-0.2, 0) is 0 Å². The van der Waals surface area contributed by atoms with Crippen LogP contribution in [0.4, 0.5) is 0 Å². The summed E-state index contributed by atoms with van der Waals surface area (Å²) >= 11 is 0. The summed E-state index contributed by atoms with van der Waals surface area (Å²) in [7, 11) is 0. The van der Waals surface area contributed by atoms with Crippen LogP contribution in [0.25, 0.3) is 0 Å². The molecule has 0 aromatic heterocycles.